The molecule has 4 spiro atoms. The van der Waals surface area contributed by atoms with Crippen LogP contribution in [0.2, 0.25) is 0 Å². The molecule has 0 unspecified atom stereocenters. The van der Waals surface area contributed by atoms with Crippen LogP contribution in [0.1, 0.15) is 143 Å². The quantitative estimate of drug-likeness (QED) is 0.0528. The largest absolute Gasteiger partial charge is 0.573 e. The molecule has 0 bridgehead atoms. The molecule has 12 aliphatic rings. The molecule has 5 aliphatic heterocycles. The average Bonchev–Trinajstić information content (AvgIpc) is 1.60. The first-order valence-electron chi connectivity index (χ1n) is 44.9. The molecular formula is C97H118F10N14O9S. The molecular weight excluding hydrogens is 1730 g/mol. The maximum atomic E-state index is 15.2. The first-order valence-corrected chi connectivity index (χ1v) is 47.0. The lowest BCUT2D eigenvalue weighted by Crippen LogP contribution is -2.70. The van der Waals surface area contributed by atoms with Gasteiger partial charge in [-0.1, -0.05) is 84.9 Å². The molecule has 7 saturated carbocycles. The lowest BCUT2D eigenvalue weighted by atomic mass is 9.58. The minimum atomic E-state index is -4.84. The zero-order valence-electron chi connectivity index (χ0n) is 76.1. The minimum absolute atomic E-state index is 0.0190. The number of urea groups is 4. The second-order valence-corrected chi connectivity index (χ2v) is 42.8. The lowest BCUT2D eigenvalue weighted by Gasteiger charge is -2.61. The molecule has 19 rings (SSSR count). The van der Waals surface area contributed by atoms with E-state index in [2.05, 4.69) is 39.2 Å². The van der Waals surface area contributed by atoms with E-state index in [4.69, 9.17) is 4.74 Å². The number of aromatic nitrogens is 2. The minimum Gasteiger partial charge on any atom is -0.404 e. The smallest absolute Gasteiger partial charge is 0.404 e. The topological polar surface area (TPSA) is 206 Å². The summed E-state index contributed by atoms with van der Waals surface area (Å²) in [5, 5.41) is 10.3. The Morgan fingerprint density at radius 3 is 1.27 bits per heavy atom. The number of benzene rings is 5. The highest BCUT2D eigenvalue weighted by atomic mass is 32.2. The van der Waals surface area contributed by atoms with Gasteiger partial charge in [0.2, 0.25) is 0 Å². The van der Waals surface area contributed by atoms with Crippen LogP contribution in [-0.4, -0.2) is 271 Å². The molecule has 7 aliphatic carbocycles. The maximum Gasteiger partial charge on any atom is 0.573 e. The second kappa shape index (κ2) is 34.6. The Labute approximate surface area is 759 Å². The summed E-state index contributed by atoms with van der Waals surface area (Å²) in [6, 6.07) is 42.2. The molecule has 7 aromatic rings. The SMILES string of the molecule is CN(C)C1(c2cccc(F)c2)CC2(CN(CCS(C)(=O)=O)C(=O)N2CC2CC2)C1.CN(C)C1(c2cccc(F)c2)CC2(CN(Cc3ccc(C(F)(F)F)nc3)C(=O)N2CC2CC2)C1.CN(C)C1(c2cccc(F)c2)CC2(CN(c3ccc(C(C)(C)O)cc3)C(=O)N2CC2CC2)C1.CN(C)C1(c2ccccc2)CC2(CN(c3ccc(OC(F)(F)F)cn3)C(=O)N2CC2(F)COC2)C1. The predicted octanol–water partition coefficient (Wildman–Crippen LogP) is 15.8. The number of aliphatic hydroxyl groups is 1. The summed E-state index contributed by atoms with van der Waals surface area (Å²) in [5.74, 6) is 0.567. The van der Waals surface area contributed by atoms with Crippen molar-refractivity contribution in [2.45, 2.75) is 178 Å². The van der Waals surface area contributed by atoms with Crippen LogP contribution < -0.4 is 14.5 Å². The molecule has 12 fully saturated rings. The van der Waals surface area contributed by atoms with Crippen molar-refractivity contribution in [1.82, 2.24) is 59.0 Å². The van der Waals surface area contributed by atoms with Gasteiger partial charge in [-0.15, -0.1) is 13.2 Å². The number of amides is 8. The van der Waals surface area contributed by atoms with Crippen LogP contribution in [0.3, 0.4) is 0 Å². The van der Waals surface area contributed by atoms with E-state index in [9.17, 15) is 72.2 Å². The van der Waals surface area contributed by atoms with Crippen molar-refractivity contribution in [2.24, 2.45) is 17.8 Å². The summed E-state index contributed by atoms with van der Waals surface area (Å²) >= 11 is 0. The zero-order chi connectivity index (χ0) is 94.0. The first-order chi connectivity index (χ1) is 61.6. The van der Waals surface area contributed by atoms with Crippen molar-refractivity contribution in [2.75, 3.05) is 150 Å². The molecule has 34 heteroatoms. The Bertz CT molecular complexity index is 5460. The molecule has 131 heavy (non-hydrogen) atoms. The van der Waals surface area contributed by atoms with E-state index < -0.39 is 56.7 Å². The highest BCUT2D eigenvalue weighted by Gasteiger charge is 2.70. The Hall–Kier alpha value is -9.71. The molecule has 5 aromatic carbocycles. The highest BCUT2D eigenvalue weighted by Crippen LogP contribution is 2.63. The van der Waals surface area contributed by atoms with E-state index in [1.54, 1.807) is 64.9 Å². The van der Waals surface area contributed by atoms with Gasteiger partial charge in [-0.3, -0.25) is 34.4 Å². The third kappa shape index (κ3) is 18.8. The predicted molar refractivity (Wildman–Crippen MR) is 474 cm³/mol. The Kier molecular flexibility index (Phi) is 25.0. The summed E-state index contributed by atoms with van der Waals surface area (Å²) in [7, 11) is 12.9. The normalized spacial score (nSPS) is 28.0. The number of sulfone groups is 1. The van der Waals surface area contributed by atoms with Gasteiger partial charge in [0, 0.05) is 64.0 Å². The van der Waals surface area contributed by atoms with Crippen molar-refractivity contribution in [3.05, 3.63) is 221 Å². The fourth-order valence-electron chi connectivity index (χ4n) is 22.0. The van der Waals surface area contributed by atoms with Crippen molar-refractivity contribution >= 4 is 45.5 Å². The number of rotatable bonds is 25. The maximum absolute atomic E-state index is 15.2. The number of ether oxygens (including phenoxy) is 2. The molecule has 5 saturated heterocycles. The summed E-state index contributed by atoms with van der Waals surface area (Å²) in [6.45, 7) is 7.82. The number of halogens is 10. The summed E-state index contributed by atoms with van der Waals surface area (Å²) in [6.07, 6.45) is 6.38. The third-order valence-corrected chi connectivity index (χ3v) is 30.7. The molecule has 7 heterocycles. The van der Waals surface area contributed by atoms with Crippen LogP contribution >= 0.6 is 0 Å². The molecule has 706 valence electrons. The van der Waals surface area contributed by atoms with E-state index in [1.165, 1.54) is 60.5 Å². The number of carbonyl (C=O) groups excluding carboxylic acids is 4. The molecule has 1 N–H and O–H groups in total. The summed E-state index contributed by atoms with van der Waals surface area (Å²) < 4.78 is 166. The number of carbonyl (C=O) groups is 4. The van der Waals surface area contributed by atoms with Crippen molar-refractivity contribution in [3.8, 4) is 5.75 Å². The van der Waals surface area contributed by atoms with E-state index in [0.717, 1.165) is 116 Å². The van der Waals surface area contributed by atoms with Crippen LogP contribution in [-0.2, 0) is 55.1 Å². The van der Waals surface area contributed by atoms with Gasteiger partial charge in [-0.25, -0.2) is 50.1 Å². The molecule has 0 radical (unpaired) electrons. The van der Waals surface area contributed by atoms with Crippen LogP contribution in [0.5, 0.6) is 5.75 Å². The Morgan fingerprint density at radius 2 is 0.893 bits per heavy atom. The Balaban J connectivity index is 0.000000128. The lowest BCUT2D eigenvalue weighted by molar-refractivity contribution is -0.274. The number of hydrogen-bond acceptors (Lipinski definition) is 15. The van der Waals surface area contributed by atoms with Gasteiger partial charge in [-0.05, 0) is 278 Å². The fraction of sp³-hybridized carbons (Fsp3) is 0.546. The summed E-state index contributed by atoms with van der Waals surface area (Å²) in [5.41, 5.74) is -0.268. The number of alkyl halides is 7. The van der Waals surface area contributed by atoms with Gasteiger partial charge in [0.05, 0.1) is 94.7 Å². The monoisotopic (exact) mass is 1840 g/mol. The molecule has 8 amide bonds. The van der Waals surface area contributed by atoms with Gasteiger partial charge in [-0.2, -0.15) is 13.2 Å². The molecule has 0 atom stereocenters. The van der Waals surface area contributed by atoms with Gasteiger partial charge in [0.1, 0.15) is 44.6 Å². The van der Waals surface area contributed by atoms with Gasteiger partial charge in [0.15, 0.2) is 5.67 Å². The third-order valence-electron chi connectivity index (χ3n) is 29.8. The average molecular weight is 1850 g/mol. The van der Waals surface area contributed by atoms with Gasteiger partial charge in [0.25, 0.3) is 0 Å². The van der Waals surface area contributed by atoms with E-state index in [0.29, 0.717) is 75.2 Å². The number of hydrogen-bond donors (Lipinski definition) is 1. The fourth-order valence-corrected chi connectivity index (χ4v) is 22.5. The van der Waals surface area contributed by atoms with E-state index in [-0.39, 0.29) is 125 Å². The number of anilines is 2. The van der Waals surface area contributed by atoms with Crippen molar-refractivity contribution < 1.29 is 86.1 Å². The Morgan fingerprint density at radius 1 is 0.481 bits per heavy atom. The highest BCUT2D eigenvalue weighted by molar-refractivity contribution is 7.90. The van der Waals surface area contributed by atoms with Crippen molar-refractivity contribution in [3.63, 3.8) is 0 Å². The van der Waals surface area contributed by atoms with E-state index >= 15 is 4.39 Å². The zero-order valence-corrected chi connectivity index (χ0v) is 76.9. The standard InChI is InChI=1S/C27H34FN3O2.C25H28F4N4O.C24H26F4N4O3.C21H30FN3O3S/c1-25(2,33)20-10-12-23(13-11-20)30-18-26(31(24(30)32)15-19-8-9-19)16-27(17-26,29(3)4)21-6-5-7-22(28)14-21;1-31(2)24(19-4-3-5-20(26)10-19)14-23(15-24)16-32(22(34)33(23)13-17-6-7-17)12-18-8-9-21(30-11-18)25(27,28)29;1-30(2)23(17-6-4-3-5-7-17)11-22(12-23)14-31(20(33)32(22)13-21(25)15-34-16-21)19-9-8-18(10-29-19)35-24(26,27)28;1-23(2)21(17-5-4-6-18(22)11-17)13-20(14-21)15-24(9-10-29(3,27)28)19(26)25(20)12-16-7-8-16/h5-7,10-14,19,33H,8-9,15-18H2,1-4H3;3-5,8-11,17H,6-7,12-16H2,1-2H3;3-10H,11-16H2,1-2H3;4-6,11,16H,7-10,12-15H2,1-3H3. The first kappa shape index (κ1) is 94.5. The second-order valence-electron chi connectivity index (χ2n) is 40.6. The molecule has 2 aromatic heterocycles. The number of nitrogens with zero attached hydrogens (tertiary/aromatic N) is 14. The van der Waals surface area contributed by atoms with Crippen LogP contribution in [0, 0.1) is 35.2 Å². The van der Waals surface area contributed by atoms with Crippen molar-refractivity contribution in [1.29, 1.82) is 0 Å². The van der Waals surface area contributed by atoms with Gasteiger partial charge >= 0.3 is 36.7 Å². The van der Waals surface area contributed by atoms with Gasteiger partial charge < -0.3 is 44.0 Å². The number of pyridine rings is 2. The summed E-state index contributed by atoms with van der Waals surface area (Å²) in [4.78, 5) is 84.3. The molecule has 23 nitrogen and oxygen atoms in total. The van der Waals surface area contributed by atoms with Crippen LogP contribution in [0.4, 0.5) is 74.6 Å². The van der Waals surface area contributed by atoms with Crippen LogP contribution in [0.25, 0.3) is 0 Å². The van der Waals surface area contributed by atoms with E-state index in [1.807, 2.05) is 144 Å². The van der Waals surface area contributed by atoms with Crippen LogP contribution in [0.15, 0.2) is 164 Å².